The van der Waals surface area contributed by atoms with Gasteiger partial charge in [-0.2, -0.15) is 13.2 Å². The predicted octanol–water partition coefficient (Wildman–Crippen LogP) is 3.61. The van der Waals surface area contributed by atoms with Gasteiger partial charge in [-0.25, -0.2) is 15.0 Å². The second-order valence-electron chi connectivity index (χ2n) is 5.40. The highest BCUT2D eigenvalue weighted by Crippen LogP contribution is 2.31. The number of nitrogens with zero attached hydrogens (tertiary/aromatic N) is 5. The van der Waals surface area contributed by atoms with Gasteiger partial charge in [0.05, 0.1) is 12.9 Å². The Morgan fingerprint density at radius 3 is 2.50 bits per heavy atom. The summed E-state index contributed by atoms with van der Waals surface area (Å²) >= 11 is 6.12. The minimum absolute atomic E-state index is 0.112. The average molecular weight is 356 g/mol. The summed E-state index contributed by atoms with van der Waals surface area (Å²) in [7, 11) is 3.21. The first-order valence-corrected chi connectivity index (χ1v) is 7.36. The molecule has 9 heteroatoms. The number of benzene rings is 1. The molecule has 1 aromatic carbocycles. The molecule has 0 spiro atoms. The molecule has 0 saturated heterocycles. The molecule has 0 atom stereocenters. The third-order valence-corrected chi connectivity index (χ3v) is 3.79. The number of fused-ring (bicyclic) bond motifs is 1. The summed E-state index contributed by atoms with van der Waals surface area (Å²) in [6.07, 6.45) is -3.20. The number of aromatic nitrogens is 4. The normalized spacial score (nSPS) is 11.9. The van der Waals surface area contributed by atoms with Gasteiger partial charge in [-0.15, -0.1) is 0 Å². The summed E-state index contributed by atoms with van der Waals surface area (Å²) in [5, 5.41) is 0.525. The number of hydrogen-bond acceptors (Lipinski definition) is 4. The van der Waals surface area contributed by atoms with Crippen molar-refractivity contribution in [2.45, 2.75) is 12.7 Å². The number of halogens is 4. The third-order valence-electron chi connectivity index (χ3n) is 3.42. The van der Waals surface area contributed by atoms with Crippen LogP contribution in [0.4, 0.5) is 19.0 Å². The minimum atomic E-state index is -4.64. The van der Waals surface area contributed by atoms with Crippen LogP contribution >= 0.6 is 11.6 Å². The molecule has 5 nitrogen and oxygen atoms in total. The Morgan fingerprint density at radius 2 is 1.88 bits per heavy atom. The van der Waals surface area contributed by atoms with E-state index >= 15 is 0 Å². The van der Waals surface area contributed by atoms with Crippen LogP contribution in [0.2, 0.25) is 5.02 Å². The van der Waals surface area contributed by atoms with Crippen molar-refractivity contribution in [3.8, 4) is 0 Å². The van der Waals surface area contributed by atoms with Crippen molar-refractivity contribution in [2.75, 3.05) is 19.0 Å². The SMILES string of the molecule is CN(C)c1nc(C(F)(F)F)nc2c1ncn2Cc1ccccc1Cl. The van der Waals surface area contributed by atoms with Crippen LogP contribution in [-0.2, 0) is 12.7 Å². The highest BCUT2D eigenvalue weighted by Gasteiger charge is 2.36. The highest BCUT2D eigenvalue weighted by molar-refractivity contribution is 6.31. The second-order valence-corrected chi connectivity index (χ2v) is 5.81. The molecule has 0 N–H and O–H groups in total. The Bertz CT molecular complexity index is 888. The van der Waals surface area contributed by atoms with E-state index in [1.165, 1.54) is 15.8 Å². The van der Waals surface area contributed by atoms with Crippen molar-refractivity contribution in [3.63, 3.8) is 0 Å². The van der Waals surface area contributed by atoms with Crippen molar-refractivity contribution in [2.24, 2.45) is 0 Å². The Morgan fingerprint density at radius 1 is 1.17 bits per heavy atom. The summed E-state index contributed by atoms with van der Waals surface area (Å²) in [5.41, 5.74) is 1.18. The van der Waals surface area contributed by atoms with Gasteiger partial charge < -0.3 is 9.47 Å². The third kappa shape index (κ3) is 3.01. The maximum absolute atomic E-state index is 13.1. The van der Waals surface area contributed by atoms with Crippen LogP contribution < -0.4 is 4.90 Å². The molecule has 24 heavy (non-hydrogen) atoms. The van der Waals surface area contributed by atoms with E-state index in [2.05, 4.69) is 15.0 Å². The van der Waals surface area contributed by atoms with Gasteiger partial charge in [-0.1, -0.05) is 29.8 Å². The number of rotatable bonds is 3. The van der Waals surface area contributed by atoms with E-state index in [0.717, 1.165) is 5.56 Å². The lowest BCUT2D eigenvalue weighted by atomic mass is 10.2. The van der Waals surface area contributed by atoms with Gasteiger partial charge in [0.15, 0.2) is 17.0 Å². The molecule has 2 aromatic heterocycles. The van der Waals surface area contributed by atoms with E-state index in [-0.39, 0.29) is 18.0 Å². The van der Waals surface area contributed by atoms with Gasteiger partial charge in [0.2, 0.25) is 5.82 Å². The standard InChI is InChI=1S/C15H13ClF3N5/c1-23(2)12-11-13(22-14(21-12)15(17,18)19)24(8-20-11)7-9-5-3-4-6-10(9)16/h3-6,8H,7H2,1-2H3. The molecule has 3 rings (SSSR count). The quantitative estimate of drug-likeness (QED) is 0.720. The summed E-state index contributed by atoms with van der Waals surface area (Å²) in [4.78, 5) is 12.9. The largest absolute Gasteiger partial charge is 0.451 e. The van der Waals surface area contributed by atoms with Gasteiger partial charge in [0.1, 0.15) is 0 Å². The van der Waals surface area contributed by atoms with Gasteiger partial charge in [-0.3, -0.25) is 0 Å². The van der Waals surface area contributed by atoms with Gasteiger partial charge in [-0.05, 0) is 11.6 Å². The van der Waals surface area contributed by atoms with Crippen LogP contribution in [-0.4, -0.2) is 33.6 Å². The minimum Gasteiger partial charge on any atom is -0.361 e. The first kappa shape index (κ1) is 16.5. The monoisotopic (exact) mass is 355 g/mol. The van der Waals surface area contributed by atoms with Gasteiger partial charge in [0.25, 0.3) is 0 Å². The van der Waals surface area contributed by atoms with E-state index < -0.39 is 12.0 Å². The smallest absolute Gasteiger partial charge is 0.361 e. The van der Waals surface area contributed by atoms with E-state index in [1.54, 1.807) is 32.3 Å². The molecule has 126 valence electrons. The lowest BCUT2D eigenvalue weighted by Gasteiger charge is -2.14. The van der Waals surface area contributed by atoms with E-state index in [4.69, 9.17) is 11.6 Å². The number of hydrogen-bond donors (Lipinski definition) is 0. The van der Waals surface area contributed by atoms with E-state index in [1.807, 2.05) is 6.07 Å². The molecule has 2 heterocycles. The topological polar surface area (TPSA) is 46.8 Å². The number of alkyl halides is 3. The van der Waals surface area contributed by atoms with Crippen LogP contribution in [0.3, 0.4) is 0 Å². The maximum atomic E-state index is 13.1. The number of anilines is 1. The van der Waals surface area contributed by atoms with Crippen molar-refractivity contribution in [1.82, 2.24) is 19.5 Å². The molecule has 0 aliphatic rings. The van der Waals surface area contributed by atoms with Crippen LogP contribution in [0.25, 0.3) is 11.2 Å². The molecule has 0 aliphatic carbocycles. The molecule has 0 unspecified atom stereocenters. The van der Waals surface area contributed by atoms with Crippen molar-refractivity contribution < 1.29 is 13.2 Å². The summed E-state index contributed by atoms with van der Waals surface area (Å²) in [6, 6.07) is 7.11. The van der Waals surface area contributed by atoms with Gasteiger partial charge in [0, 0.05) is 19.1 Å². The Labute approximate surface area is 140 Å². The van der Waals surface area contributed by atoms with Crippen molar-refractivity contribution in [1.29, 1.82) is 0 Å². The fourth-order valence-corrected chi connectivity index (χ4v) is 2.49. The Balaban J connectivity index is 2.17. The zero-order valence-electron chi connectivity index (χ0n) is 12.8. The molecule has 0 amide bonds. The molecule has 0 aliphatic heterocycles. The van der Waals surface area contributed by atoms with E-state index in [9.17, 15) is 13.2 Å². The fourth-order valence-electron chi connectivity index (χ4n) is 2.29. The summed E-state index contributed by atoms with van der Waals surface area (Å²) in [5.74, 6) is -1.08. The van der Waals surface area contributed by atoms with Crippen LogP contribution in [0.5, 0.6) is 0 Å². The van der Waals surface area contributed by atoms with E-state index in [0.29, 0.717) is 10.5 Å². The molecule has 0 saturated carbocycles. The predicted molar refractivity (Wildman–Crippen MR) is 85.2 cm³/mol. The molecular formula is C15H13ClF3N5. The second kappa shape index (κ2) is 5.94. The van der Waals surface area contributed by atoms with Gasteiger partial charge >= 0.3 is 6.18 Å². The maximum Gasteiger partial charge on any atom is 0.451 e. The Kier molecular flexibility index (Phi) is 4.08. The van der Waals surface area contributed by atoms with Crippen molar-refractivity contribution >= 4 is 28.6 Å². The average Bonchev–Trinajstić information content (AvgIpc) is 2.90. The molecular weight excluding hydrogens is 343 g/mol. The summed E-state index contributed by atoms with van der Waals surface area (Å²) in [6.45, 7) is 0.261. The molecule has 0 fully saturated rings. The van der Waals surface area contributed by atoms with Crippen LogP contribution in [0, 0.1) is 0 Å². The fraction of sp³-hybridized carbons (Fsp3) is 0.267. The Hall–Kier alpha value is -2.35. The molecule has 3 aromatic rings. The van der Waals surface area contributed by atoms with Crippen LogP contribution in [0.15, 0.2) is 30.6 Å². The lowest BCUT2D eigenvalue weighted by molar-refractivity contribution is -0.144. The van der Waals surface area contributed by atoms with Crippen molar-refractivity contribution in [3.05, 3.63) is 47.0 Å². The number of imidazole rings is 1. The summed E-state index contributed by atoms with van der Waals surface area (Å²) < 4.78 is 40.8. The van der Waals surface area contributed by atoms with Crippen LogP contribution in [0.1, 0.15) is 11.4 Å². The first-order valence-electron chi connectivity index (χ1n) is 6.98. The molecule has 0 radical (unpaired) electrons. The highest BCUT2D eigenvalue weighted by atomic mass is 35.5. The lowest BCUT2D eigenvalue weighted by Crippen LogP contribution is -2.18. The zero-order valence-corrected chi connectivity index (χ0v) is 13.6. The zero-order chi connectivity index (χ0) is 17.5. The first-order chi connectivity index (χ1) is 11.3. The molecule has 0 bridgehead atoms.